The standard InChI is InChI=1S/C22H14ClF3N2O3/c1-30-20-5-3-2-4-18(20)28-21(29)13(12-27)10-15-7-9-19(31-15)16-11-14(22(24,25)26)6-8-17(16)23/h2-11H,1H3,(H,28,29). The second kappa shape index (κ2) is 8.98. The summed E-state index contributed by atoms with van der Waals surface area (Å²) in [7, 11) is 1.44. The Morgan fingerprint density at radius 3 is 2.61 bits per heavy atom. The number of furan rings is 1. The predicted molar refractivity (Wildman–Crippen MR) is 109 cm³/mol. The topological polar surface area (TPSA) is 75.3 Å². The lowest BCUT2D eigenvalue weighted by atomic mass is 10.1. The van der Waals surface area contributed by atoms with Crippen LogP contribution in [-0.4, -0.2) is 13.0 Å². The van der Waals surface area contributed by atoms with Crippen LogP contribution in [0.2, 0.25) is 5.02 Å². The van der Waals surface area contributed by atoms with Gasteiger partial charge < -0.3 is 14.5 Å². The zero-order chi connectivity index (χ0) is 22.6. The number of para-hydroxylation sites is 2. The van der Waals surface area contributed by atoms with Crippen molar-refractivity contribution in [3.05, 3.63) is 76.5 Å². The van der Waals surface area contributed by atoms with Crippen molar-refractivity contribution < 1.29 is 27.1 Å². The van der Waals surface area contributed by atoms with Crippen molar-refractivity contribution in [2.75, 3.05) is 12.4 Å². The number of ether oxygens (including phenoxy) is 1. The number of carbonyl (C=O) groups is 1. The fourth-order valence-electron chi connectivity index (χ4n) is 2.69. The zero-order valence-electron chi connectivity index (χ0n) is 16.0. The van der Waals surface area contributed by atoms with Crippen molar-refractivity contribution in [1.29, 1.82) is 5.26 Å². The number of carbonyl (C=O) groups excluding carboxylic acids is 1. The number of alkyl halides is 3. The largest absolute Gasteiger partial charge is 0.495 e. The minimum atomic E-state index is -4.54. The van der Waals surface area contributed by atoms with Crippen LogP contribution in [0.4, 0.5) is 18.9 Å². The number of rotatable bonds is 5. The first-order valence-electron chi connectivity index (χ1n) is 8.76. The Morgan fingerprint density at radius 1 is 1.19 bits per heavy atom. The van der Waals surface area contributed by atoms with Crippen LogP contribution in [0, 0.1) is 11.3 Å². The van der Waals surface area contributed by atoms with Crippen molar-refractivity contribution >= 4 is 29.3 Å². The summed E-state index contributed by atoms with van der Waals surface area (Å²) in [6.45, 7) is 0. The number of nitrogens with one attached hydrogen (secondary N) is 1. The summed E-state index contributed by atoms with van der Waals surface area (Å²) in [5.74, 6) is -0.144. The van der Waals surface area contributed by atoms with Crippen LogP contribution in [-0.2, 0) is 11.0 Å². The van der Waals surface area contributed by atoms with E-state index >= 15 is 0 Å². The summed E-state index contributed by atoms with van der Waals surface area (Å²) in [4.78, 5) is 12.5. The minimum absolute atomic E-state index is 0.0353. The molecule has 0 unspecified atom stereocenters. The van der Waals surface area contributed by atoms with E-state index in [1.807, 2.05) is 0 Å². The Bertz CT molecular complexity index is 1190. The smallest absolute Gasteiger partial charge is 0.416 e. The molecule has 1 heterocycles. The van der Waals surface area contributed by atoms with E-state index in [4.69, 9.17) is 20.8 Å². The predicted octanol–water partition coefficient (Wildman–Crippen LogP) is 6.17. The van der Waals surface area contributed by atoms with E-state index in [9.17, 15) is 23.2 Å². The van der Waals surface area contributed by atoms with Gasteiger partial charge in [-0.15, -0.1) is 0 Å². The number of nitrogens with zero attached hydrogens (tertiary/aromatic N) is 1. The summed E-state index contributed by atoms with van der Waals surface area (Å²) in [5, 5.41) is 12.0. The maximum atomic E-state index is 13.0. The molecule has 0 aliphatic carbocycles. The van der Waals surface area contributed by atoms with Crippen LogP contribution in [0.5, 0.6) is 5.75 Å². The normalized spacial score (nSPS) is 11.7. The number of anilines is 1. The van der Waals surface area contributed by atoms with E-state index in [-0.39, 0.29) is 27.7 Å². The van der Waals surface area contributed by atoms with Crippen molar-refractivity contribution in [3.63, 3.8) is 0 Å². The van der Waals surface area contributed by atoms with Gasteiger partial charge in [-0.25, -0.2) is 0 Å². The third kappa shape index (κ3) is 5.08. The highest BCUT2D eigenvalue weighted by Crippen LogP contribution is 2.36. The van der Waals surface area contributed by atoms with Crippen molar-refractivity contribution in [2.24, 2.45) is 0 Å². The second-order valence-electron chi connectivity index (χ2n) is 6.22. The van der Waals surface area contributed by atoms with E-state index in [0.717, 1.165) is 18.2 Å². The van der Waals surface area contributed by atoms with Gasteiger partial charge >= 0.3 is 6.18 Å². The molecule has 0 atom stereocenters. The maximum absolute atomic E-state index is 13.0. The van der Waals surface area contributed by atoms with Crippen LogP contribution in [0.1, 0.15) is 11.3 Å². The number of amides is 1. The Labute approximate surface area is 180 Å². The van der Waals surface area contributed by atoms with Gasteiger partial charge in [0.05, 0.1) is 23.4 Å². The van der Waals surface area contributed by atoms with Crippen LogP contribution in [0.25, 0.3) is 17.4 Å². The molecule has 1 aromatic heterocycles. The fourth-order valence-corrected chi connectivity index (χ4v) is 2.90. The molecule has 0 fully saturated rings. The molecule has 158 valence electrons. The molecule has 0 spiro atoms. The van der Waals surface area contributed by atoms with Crippen LogP contribution < -0.4 is 10.1 Å². The molecule has 9 heteroatoms. The first-order valence-corrected chi connectivity index (χ1v) is 9.14. The highest BCUT2D eigenvalue weighted by molar-refractivity contribution is 6.33. The third-order valence-corrected chi connectivity index (χ3v) is 4.52. The molecule has 1 N–H and O–H groups in total. The zero-order valence-corrected chi connectivity index (χ0v) is 16.7. The molecule has 3 aromatic rings. The molecule has 0 saturated carbocycles. The first kappa shape index (κ1) is 22.0. The highest BCUT2D eigenvalue weighted by Gasteiger charge is 2.31. The van der Waals surface area contributed by atoms with Gasteiger partial charge in [-0.1, -0.05) is 23.7 Å². The quantitative estimate of drug-likeness (QED) is 0.375. The van der Waals surface area contributed by atoms with Gasteiger partial charge in [-0.3, -0.25) is 4.79 Å². The first-order chi connectivity index (χ1) is 14.7. The van der Waals surface area contributed by atoms with Gasteiger partial charge in [0.2, 0.25) is 0 Å². The van der Waals surface area contributed by atoms with Gasteiger partial charge in [-0.05, 0) is 42.5 Å². The Morgan fingerprint density at radius 2 is 1.94 bits per heavy atom. The van der Waals surface area contributed by atoms with Gasteiger partial charge in [0.1, 0.15) is 28.9 Å². The number of nitriles is 1. The lowest BCUT2D eigenvalue weighted by Crippen LogP contribution is -2.14. The Balaban J connectivity index is 1.88. The lowest BCUT2D eigenvalue weighted by molar-refractivity contribution is -0.137. The number of halogens is 4. The fraction of sp³-hybridized carbons (Fsp3) is 0.0909. The van der Waals surface area contributed by atoms with Gasteiger partial charge in [0.15, 0.2) is 0 Å². The molecule has 0 aliphatic rings. The summed E-state index contributed by atoms with van der Waals surface area (Å²) in [5.41, 5.74) is -0.753. The van der Waals surface area contributed by atoms with E-state index in [1.165, 1.54) is 25.3 Å². The molecule has 3 rings (SSSR count). The highest BCUT2D eigenvalue weighted by atomic mass is 35.5. The van der Waals surface area contributed by atoms with Crippen molar-refractivity contribution in [3.8, 4) is 23.1 Å². The molecule has 31 heavy (non-hydrogen) atoms. The number of hydrogen-bond donors (Lipinski definition) is 1. The van der Waals surface area contributed by atoms with Crippen molar-refractivity contribution in [2.45, 2.75) is 6.18 Å². The minimum Gasteiger partial charge on any atom is -0.495 e. The Kier molecular flexibility index (Phi) is 6.37. The monoisotopic (exact) mass is 446 g/mol. The van der Waals surface area contributed by atoms with E-state index in [2.05, 4.69) is 5.32 Å². The van der Waals surface area contributed by atoms with E-state index in [0.29, 0.717) is 11.4 Å². The van der Waals surface area contributed by atoms with E-state index < -0.39 is 17.6 Å². The Hall–Kier alpha value is -3.70. The molecule has 0 bridgehead atoms. The lowest BCUT2D eigenvalue weighted by Gasteiger charge is -2.09. The third-order valence-electron chi connectivity index (χ3n) is 4.19. The number of hydrogen-bond acceptors (Lipinski definition) is 4. The van der Waals surface area contributed by atoms with Crippen LogP contribution in [0.3, 0.4) is 0 Å². The summed E-state index contributed by atoms with van der Waals surface area (Å²) in [6, 6.07) is 14.1. The molecular weight excluding hydrogens is 433 g/mol. The molecule has 1 amide bonds. The molecule has 0 aliphatic heterocycles. The number of methoxy groups -OCH3 is 1. The summed E-state index contributed by atoms with van der Waals surface area (Å²) >= 11 is 6.02. The molecule has 2 aromatic carbocycles. The van der Waals surface area contributed by atoms with Crippen molar-refractivity contribution in [1.82, 2.24) is 0 Å². The average molecular weight is 447 g/mol. The number of benzene rings is 2. The molecular formula is C22H14ClF3N2O3. The van der Waals surface area contributed by atoms with E-state index in [1.54, 1.807) is 30.3 Å². The van der Waals surface area contributed by atoms with Crippen LogP contribution in [0.15, 0.2) is 64.6 Å². The maximum Gasteiger partial charge on any atom is 0.416 e. The molecule has 0 radical (unpaired) electrons. The molecule has 0 saturated heterocycles. The summed E-state index contributed by atoms with van der Waals surface area (Å²) in [6.07, 6.45) is -3.37. The van der Waals surface area contributed by atoms with Gasteiger partial charge in [0, 0.05) is 11.6 Å². The average Bonchev–Trinajstić information content (AvgIpc) is 3.20. The van der Waals surface area contributed by atoms with Gasteiger partial charge in [-0.2, -0.15) is 18.4 Å². The second-order valence-corrected chi connectivity index (χ2v) is 6.63. The summed E-state index contributed by atoms with van der Waals surface area (Å²) < 4.78 is 49.6. The SMILES string of the molecule is COc1ccccc1NC(=O)C(C#N)=Cc1ccc(-c2cc(C(F)(F)F)ccc2Cl)o1. The van der Waals surface area contributed by atoms with Gasteiger partial charge in [0.25, 0.3) is 5.91 Å². The van der Waals surface area contributed by atoms with Crippen LogP contribution >= 0.6 is 11.6 Å². The molecule has 5 nitrogen and oxygen atoms in total.